The van der Waals surface area contributed by atoms with Gasteiger partial charge in [0, 0.05) is 10.0 Å². The molecule has 0 radical (unpaired) electrons. The second-order valence-corrected chi connectivity index (χ2v) is 4.79. The van der Waals surface area contributed by atoms with E-state index in [9.17, 15) is 9.90 Å². The molecule has 1 rings (SSSR count). The van der Waals surface area contributed by atoms with Crippen LogP contribution in [-0.4, -0.2) is 23.6 Å². The van der Waals surface area contributed by atoms with Gasteiger partial charge in [0.1, 0.15) is 12.4 Å². The van der Waals surface area contributed by atoms with E-state index in [-0.39, 0.29) is 6.61 Å². The molecule has 0 aliphatic carbocycles. The third-order valence-electron chi connectivity index (χ3n) is 2.41. The van der Waals surface area contributed by atoms with Crippen LogP contribution in [0.1, 0.15) is 30.6 Å². The number of hydrogen-bond donors (Lipinski definition) is 1. The fourth-order valence-electron chi connectivity index (χ4n) is 1.04. The summed E-state index contributed by atoms with van der Waals surface area (Å²) < 4.78 is 6.16. The van der Waals surface area contributed by atoms with Crippen LogP contribution in [0.3, 0.4) is 0 Å². The molecule has 1 N–H and O–H groups in total. The zero-order valence-corrected chi connectivity index (χ0v) is 11.0. The summed E-state index contributed by atoms with van der Waals surface area (Å²) in [6, 6.07) is 5.14. The van der Waals surface area contributed by atoms with Crippen molar-refractivity contribution in [2.75, 3.05) is 6.61 Å². The lowest BCUT2D eigenvalue weighted by molar-refractivity contribution is 0.00846. The molecule has 0 bridgehead atoms. The molecular weight excluding hydrogens is 272 g/mol. The maximum absolute atomic E-state index is 10.7. The van der Waals surface area contributed by atoms with Crippen LogP contribution in [-0.2, 0) is 0 Å². The molecule has 0 amide bonds. The van der Waals surface area contributed by atoms with E-state index in [1.807, 2.05) is 6.92 Å². The lowest BCUT2D eigenvalue weighted by atomic mass is 10.1. The topological polar surface area (TPSA) is 46.5 Å². The third-order valence-corrected chi connectivity index (χ3v) is 3.13. The van der Waals surface area contributed by atoms with E-state index >= 15 is 0 Å². The molecule has 0 aliphatic heterocycles. The molecule has 1 unspecified atom stereocenters. The zero-order valence-electron chi connectivity index (χ0n) is 9.37. The molecule has 0 heterocycles. The number of aliphatic hydroxyl groups is 1. The number of aldehydes is 1. The molecule has 0 saturated heterocycles. The second-order valence-electron chi connectivity index (χ2n) is 3.94. The van der Waals surface area contributed by atoms with Gasteiger partial charge in [-0.3, -0.25) is 4.79 Å². The van der Waals surface area contributed by atoms with E-state index in [2.05, 4.69) is 15.9 Å². The first-order valence-corrected chi connectivity index (χ1v) is 5.88. The number of benzene rings is 1. The molecule has 1 aromatic rings. The molecule has 0 fully saturated rings. The minimum absolute atomic E-state index is 0.212. The molecule has 1 aromatic carbocycles. The van der Waals surface area contributed by atoms with Crippen LogP contribution in [0.2, 0.25) is 0 Å². The van der Waals surface area contributed by atoms with Crippen molar-refractivity contribution in [1.82, 2.24) is 0 Å². The van der Waals surface area contributed by atoms with Gasteiger partial charge in [-0.1, -0.05) is 22.9 Å². The molecule has 1 atom stereocenters. The van der Waals surface area contributed by atoms with Crippen LogP contribution in [0.4, 0.5) is 0 Å². The van der Waals surface area contributed by atoms with Gasteiger partial charge in [-0.25, -0.2) is 0 Å². The SMILES string of the molecule is CCC(C)(O)COc1ccc(Br)c(C=O)c1. The van der Waals surface area contributed by atoms with E-state index in [0.717, 1.165) is 10.8 Å². The third kappa shape index (κ3) is 3.61. The maximum Gasteiger partial charge on any atom is 0.151 e. The van der Waals surface area contributed by atoms with E-state index in [1.54, 1.807) is 25.1 Å². The Balaban J connectivity index is 2.72. The van der Waals surface area contributed by atoms with Gasteiger partial charge < -0.3 is 9.84 Å². The molecule has 0 aromatic heterocycles. The van der Waals surface area contributed by atoms with Crippen LogP contribution < -0.4 is 4.74 Å². The summed E-state index contributed by atoms with van der Waals surface area (Å²) in [5, 5.41) is 9.76. The van der Waals surface area contributed by atoms with Crippen LogP contribution in [0, 0.1) is 0 Å². The summed E-state index contributed by atoms with van der Waals surface area (Å²) in [7, 11) is 0. The first-order chi connectivity index (χ1) is 7.48. The summed E-state index contributed by atoms with van der Waals surface area (Å²) in [4.78, 5) is 10.7. The lowest BCUT2D eigenvalue weighted by Crippen LogP contribution is -2.31. The summed E-state index contributed by atoms with van der Waals surface area (Å²) in [6.45, 7) is 3.82. The fourth-order valence-corrected chi connectivity index (χ4v) is 1.38. The van der Waals surface area contributed by atoms with Crippen LogP contribution in [0.15, 0.2) is 22.7 Å². The van der Waals surface area contributed by atoms with Crippen molar-refractivity contribution in [3.63, 3.8) is 0 Å². The molecular formula is C12H15BrO3. The minimum atomic E-state index is -0.839. The Bertz CT molecular complexity index is 375. The summed E-state index contributed by atoms with van der Waals surface area (Å²) in [5.74, 6) is 0.582. The Kier molecular flexibility index (Phi) is 4.50. The van der Waals surface area contributed by atoms with E-state index in [0.29, 0.717) is 17.7 Å². The molecule has 0 spiro atoms. The quantitative estimate of drug-likeness (QED) is 0.847. The zero-order chi connectivity index (χ0) is 12.2. The number of ether oxygens (including phenoxy) is 1. The highest BCUT2D eigenvalue weighted by Crippen LogP contribution is 2.22. The average molecular weight is 287 g/mol. The Hall–Kier alpha value is -0.870. The van der Waals surface area contributed by atoms with Gasteiger partial charge in [0.25, 0.3) is 0 Å². The second kappa shape index (κ2) is 5.46. The standard InChI is InChI=1S/C12H15BrO3/c1-3-12(2,15)8-16-10-4-5-11(13)9(6-10)7-14/h4-7,15H,3,8H2,1-2H3. The van der Waals surface area contributed by atoms with E-state index < -0.39 is 5.60 Å². The van der Waals surface area contributed by atoms with E-state index in [4.69, 9.17) is 4.74 Å². The fraction of sp³-hybridized carbons (Fsp3) is 0.417. The Morgan fingerprint density at radius 2 is 2.25 bits per heavy atom. The van der Waals surface area contributed by atoms with Crippen LogP contribution in [0.25, 0.3) is 0 Å². The van der Waals surface area contributed by atoms with Crippen molar-refractivity contribution in [2.45, 2.75) is 25.9 Å². The predicted octanol–water partition coefficient (Wildman–Crippen LogP) is 2.80. The lowest BCUT2D eigenvalue weighted by Gasteiger charge is -2.21. The number of halogens is 1. The van der Waals surface area contributed by atoms with Crippen molar-refractivity contribution in [3.8, 4) is 5.75 Å². The van der Waals surface area contributed by atoms with Crippen LogP contribution in [0.5, 0.6) is 5.75 Å². The molecule has 3 nitrogen and oxygen atoms in total. The predicted molar refractivity (Wildman–Crippen MR) is 65.9 cm³/mol. The van der Waals surface area contributed by atoms with Crippen molar-refractivity contribution in [3.05, 3.63) is 28.2 Å². The Morgan fingerprint density at radius 3 is 2.81 bits per heavy atom. The molecule has 16 heavy (non-hydrogen) atoms. The maximum atomic E-state index is 10.7. The van der Waals surface area contributed by atoms with Crippen LogP contribution >= 0.6 is 15.9 Å². The highest BCUT2D eigenvalue weighted by molar-refractivity contribution is 9.10. The molecule has 88 valence electrons. The Morgan fingerprint density at radius 1 is 1.56 bits per heavy atom. The Labute approximate surface area is 104 Å². The van der Waals surface area contributed by atoms with Gasteiger partial charge >= 0.3 is 0 Å². The monoisotopic (exact) mass is 286 g/mol. The first kappa shape index (κ1) is 13.2. The summed E-state index contributed by atoms with van der Waals surface area (Å²) >= 11 is 3.26. The van der Waals surface area contributed by atoms with Gasteiger partial charge in [-0.05, 0) is 31.5 Å². The normalized spacial score (nSPS) is 14.2. The number of rotatable bonds is 5. The van der Waals surface area contributed by atoms with Crippen molar-refractivity contribution in [2.24, 2.45) is 0 Å². The average Bonchev–Trinajstić information content (AvgIpc) is 2.28. The van der Waals surface area contributed by atoms with Crippen molar-refractivity contribution >= 4 is 22.2 Å². The summed E-state index contributed by atoms with van der Waals surface area (Å²) in [5.41, 5.74) is -0.303. The van der Waals surface area contributed by atoms with Crippen molar-refractivity contribution < 1.29 is 14.6 Å². The van der Waals surface area contributed by atoms with Gasteiger partial charge in [0.05, 0.1) is 5.60 Å². The molecule has 0 aliphatic rings. The number of carbonyl (C=O) groups is 1. The number of hydrogen-bond acceptors (Lipinski definition) is 3. The highest BCUT2D eigenvalue weighted by Gasteiger charge is 2.18. The van der Waals surface area contributed by atoms with Crippen molar-refractivity contribution in [1.29, 1.82) is 0 Å². The smallest absolute Gasteiger partial charge is 0.151 e. The largest absolute Gasteiger partial charge is 0.491 e. The van der Waals surface area contributed by atoms with Gasteiger partial charge in [0.2, 0.25) is 0 Å². The van der Waals surface area contributed by atoms with Gasteiger partial charge in [-0.2, -0.15) is 0 Å². The summed E-state index contributed by atoms with van der Waals surface area (Å²) in [6.07, 6.45) is 1.37. The molecule has 0 saturated carbocycles. The van der Waals surface area contributed by atoms with Gasteiger partial charge in [0.15, 0.2) is 6.29 Å². The number of carbonyl (C=O) groups excluding carboxylic acids is 1. The molecule has 4 heteroatoms. The first-order valence-electron chi connectivity index (χ1n) is 5.08. The highest BCUT2D eigenvalue weighted by atomic mass is 79.9. The van der Waals surface area contributed by atoms with E-state index in [1.165, 1.54) is 0 Å². The van der Waals surface area contributed by atoms with Gasteiger partial charge in [-0.15, -0.1) is 0 Å². The minimum Gasteiger partial charge on any atom is -0.491 e.